The molecule has 0 bridgehead atoms. The molecule has 0 radical (unpaired) electrons. The molecule has 1 N–H and O–H groups in total. The number of carbonyl (C=O) groups is 2. The summed E-state index contributed by atoms with van der Waals surface area (Å²) >= 11 is 0. The zero-order chi connectivity index (χ0) is 22.9. The predicted molar refractivity (Wildman–Crippen MR) is 125 cm³/mol. The lowest BCUT2D eigenvalue weighted by molar-refractivity contribution is -0.142. The van der Waals surface area contributed by atoms with Gasteiger partial charge in [0.1, 0.15) is 17.5 Å². The molecule has 1 saturated carbocycles. The molecular weight excluding hydrogens is 404 g/mol. The van der Waals surface area contributed by atoms with Gasteiger partial charge in [0.2, 0.25) is 5.91 Å². The molecule has 3 rings (SSSR count). The van der Waals surface area contributed by atoms with E-state index in [1.54, 1.807) is 43.2 Å². The summed E-state index contributed by atoms with van der Waals surface area (Å²) in [6, 6.07) is 14.7. The summed E-state index contributed by atoms with van der Waals surface area (Å²) in [7, 11) is 1.60. The number of benzene rings is 2. The van der Waals surface area contributed by atoms with E-state index in [1.807, 2.05) is 31.2 Å². The maximum Gasteiger partial charge on any atom is 0.261 e. The first-order valence-corrected chi connectivity index (χ1v) is 11.4. The van der Waals surface area contributed by atoms with Crippen molar-refractivity contribution in [1.82, 2.24) is 10.2 Å². The number of rotatable bonds is 9. The average molecular weight is 439 g/mol. The molecule has 0 saturated heterocycles. The normalized spacial score (nSPS) is 15.0. The van der Waals surface area contributed by atoms with Crippen LogP contribution < -0.4 is 14.8 Å². The van der Waals surface area contributed by atoms with Crippen LogP contribution in [0.2, 0.25) is 0 Å². The van der Waals surface area contributed by atoms with Crippen molar-refractivity contribution >= 4 is 11.8 Å². The molecule has 0 unspecified atom stereocenters. The largest absolute Gasteiger partial charge is 0.497 e. The standard InChI is InChI=1S/C26H34N2O4/c1-19-8-7-9-21(16-19)17-28(20(2)26(30)27-22-10-5-4-6-11-22)25(29)18-32-24-14-12-23(31-3)13-15-24/h7-9,12-16,20,22H,4-6,10-11,17-18H2,1-3H3,(H,27,30)/t20-/m0/s1. The van der Waals surface area contributed by atoms with Gasteiger partial charge in [0, 0.05) is 12.6 Å². The van der Waals surface area contributed by atoms with E-state index in [1.165, 1.54) is 6.42 Å². The first-order valence-electron chi connectivity index (χ1n) is 11.4. The van der Waals surface area contributed by atoms with Gasteiger partial charge in [-0.1, -0.05) is 49.1 Å². The third kappa shape index (κ3) is 6.74. The van der Waals surface area contributed by atoms with Crippen LogP contribution in [0.4, 0.5) is 0 Å². The van der Waals surface area contributed by atoms with Crippen LogP contribution in [0, 0.1) is 6.92 Å². The molecule has 0 aromatic heterocycles. The molecule has 2 amide bonds. The second-order valence-corrected chi connectivity index (χ2v) is 8.49. The maximum atomic E-state index is 13.2. The Bertz CT molecular complexity index is 891. The molecule has 6 nitrogen and oxygen atoms in total. The third-order valence-electron chi connectivity index (χ3n) is 5.98. The van der Waals surface area contributed by atoms with E-state index in [4.69, 9.17) is 9.47 Å². The highest BCUT2D eigenvalue weighted by Gasteiger charge is 2.28. The minimum Gasteiger partial charge on any atom is -0.497 e. The molecule has 1 fully saturated rings. The van der Waals surface area contributed by atoms with E-state index in [0.29, 0.717) is 12.3 Å². The van der Waals surface area contributed by atoms with Crippen molar-refractivity contribution < 1.29 is 19.1 Å². The van der Waals surface area contributed by atoms with Gasteiger partial charge in [-0.25, -0.2) is 0 Å². The van der Waals surface area contributed by atoms with Crippen LogP contribution in [0.5, 0.6) is 11.5 Å². The smallest absolute Gasteiger partial charge is 0.261 e. The highest BCUT2D eigenvalue weighted by atomic mass is 16.5. The minimum atomic E-state index is -0.593. The van der Waals surface area contributed by atoms with Gasteiger partial charge in [-0.15, -0.1) is 0 Å². The number of amides is 2. The number of nitrogens with zero attached hydrogens (tertiary/aromatic N) is 1. The second kappa shape index (κ2) is 11.6. The third-order valence-corrected chi connectivity index (χ3v) is 5.98. The minimum absolute atomic E-state index is 0.109. The van der Waals surface area contributed by atoms with Crippen LogP contribution >= 0.6 is 0 Å². The second-order valence-electron chi connectivity index (χ2n) is 8.49. The molecule has 0 spiro atoms. The SMILES string of the molecule is COc1ccc(OCC(=O)N(Cc2cccc(C)c2)[C@@H](C)C(=O)NC2CCCCC2)cc1. The Morgan fingerprint density at radius 2 is 1.75 bits per heavy atom. The van der Waals surface area contributed by atoms with E-state index >= 15 is 0 Å². The van der Waals surface area contributed by atoms with E-state index in [9.17, 15) is 9.59 Å². The molecule has 32 heavy (non-hydrogen) atoms. The van der Waals surface area contributed by atoms with Crippen molar-refractivity contribution in [2.75, 3.05) is 13.7 Å². The number of aryl methyl sites for hydroxylation is 1. The van der Waals surface area contributed by atoms with Crippen molar-refractivity contribution in [3.63, 3.8) is 0 Å². The van der Waals surface area contributed by atoms with E-state index < -0.39 is 6.04 Å². The molecule has 6 heteroatoms. The summed E-state index contributed by atoms with van der Waals surface area (Å²) in [5, 5.41) is 3.15. The summed E-state index contributed by atoms with van der Waals surface area (Å²) in [4.78, 5) is 27.8. The average Bonchev–Trinajstić information content (AvgIpc) is 2.81. The highest BCUT2D eigenvalue weighted by molar-refractivity contribution is 5.88. The van der Waals surface area contributed by atoms with E-state index in [-0.39, 0.29) is 24.5 Å². The Labute approximate surface area is 190 Å². The number of methoxy groups -OCH3 is 1. The van der Waals surface area contributed by atoms with Crippen LogP contribution in [-0.4, -0.2) is 42.5 Å². The maximum absolute atomic E-state index is 13.2. The fraction of sp³-hybridized carbons (Fsp3) is 0.462. The number of hydrogen-bond acceptors (Lipinski definition) is 4. The summed E-state index contributed by atoms with van der Waals surface area (Å²) in [5.74, 6) is 0.961. The van der Waals surface area contributed by atoms with Crippen molar-refractivity contribution in [2.45, 2.75) is 64.6 Å². The molecular formula is C26H34N2O4. The van der Waals surface area contributed by atoms with Crippen LogP contribution in [0.1, 0.15) is 50.2 Å². The fourth-order valence-electron chi connectivity index (χ4n) is 4.06. The van der Waals surface area contributed by atoms with Crippen molar-refractivity contribution in [2.24, 2.45) is 0 Å². The van der Waals surface area contributed by atoms with Gasteiger partial charge in [0.05, 0.1) is 7.11 Å². The quantitative estimate of drug-likeness (QED) is 0.636. The molecule has 1 aliphatic rings. The lowest BCUT2D eigenvalue weighted by Crippen LogP contribution is -2.51. The lowest BCUT2D eigenvalue weighted by Gasteiger charge is -2.31. The Kier molecular flexibility index (Phi) is 8.54. The Morgan fingerprint density at radius 1 is 1.06 bits per heavy atom. The van der Waals surface area contributed by atoms with Gasteiger partial charge in [-0.3, -0.25) is 9.59 Å². The first-order chi connectivity index (χ1) is 15.5. The van der Waals surface area contributed by atoms with Crippen molar-refractivity contribution in [1.29, 1.82) is 0 Å². The summed E-state index contributed by atoms with van der Waals surface area (Å²) in [5.41, 5.74) is 2.10. The van der Waals surface area contributed by atoms with E-state index in [2.05, 4.69) is 5.32 Å². The van der Waals surface area contributed by atoms with Crippen LogP contribution in [0.3, 0.4) is 0 Å². The Hall–Kier alpha value is -3.02. The molecule has 0 heterocycles. The monoisotopic (exact) mass is 438 g/mol. The number of nitrogens with one attached hydrogen (secondary N) is 1. The molecule has 2 aromatic carbocycles. The van der Waals surface area contributed by atoms with Gasteiger partial charge in [0.25, 0.3) is 5.91 Å². The fourth-order valence-corrected chi connectivity index (χ4v) is 4.06. The number of ether oxygens (including phenoxy) is 2. The van der Waals surface area contributed by atoms with E-state index in [0.717, 1.165) is 42.6 Å². The van der Waals surface area contributed by atoms with Crippen LogP contribution in [0.15, 0.2) is 48.5 Å². The van der Waals surface area contributed by atoms with Gasteiger partial charge in [0.15, 0.2) is 6.61 Å². The lowest BCUT2D eigenvalue weighted by atomic mass is 9.95. The predicted octanol–water partition coefficient (Wildman–Crippen LogP) is 4.25. The summed E-state index contributed by atoms with van der Waals surface area (Å²) in [6.45, 7) is 4.02. The van der Waals surface area contributed by atoms with Crippen molar-refractivity contribution in [3.05, 3.63) is 59.7 Å². The first kappa shape index (κ1) is 23.6. The summed E-state index contributed by atoms with van der Waals surface area (Å²) in [6.07, 6.45) is 5.51. The summed E-state index contributed by atoms with van der Waals surface area (Å²) < 4.78 is 10.9. The number of carbonyl (C=O) groups excluding carboxylic acids is 2. The number of hydrogen-bond donors (Lipinski definition) is 1. The Balaban J connectivity index is 1.69. The molecule has 0 aliphatic heterocycles. The topological polar surface area (TPSA) is 67.9 Å². The zero-order valence-electron chi connectivity index (χ0n) is 19.3. The Morgan fingerprint density at radius 3 is 2.41 bits per heavy atom. The van der Waals surface area contributed by atoms with Crippen LogP contribution in [0.25, 0.3) is 0 Å². The van der Waals surface area contributed by atoms with Gasteiger partial charge in [-0.2, -0.15) is 0 Å². The van der Waals surface area contributed by atoms with Crippen molar-refractivity contribution in [3.8, 4) is 11.5 Å². The molecule has 172 valence electrons. The van der Waals surface area contributed by atoms with Gasteiger partial charge < -0.3 is 19.7 Å². The highest BCUT2D eigenvalue weighted by Crippen LogP contribution is 2.19. The molecule has 1 aliphatic carbocycles. The zero-order valence-corrected chi connectivity index (χ0v) is 19.3. The molecule has 1 atom stereocenters. The van der Waals surface area contributed by atoms with Gasteiger partial charge >= 0.3 is 0 Å². The molecule has 2 aromatic rings. The van der Waals surface area contributed by atoms with Gasteiger partial charge in [-0.05, 0) is 56.5 Å². The van der Waals surface area contributed by atoms with Crippen LogP contribution in [-0.2, 0) is 16.1 Å².